The molecule has 0 aliphatic heterocycles. The fraction of sp³-hybridized carbons (Fsp3) is 0.176. The molecule has 0 aliphatic carbocycles. The molecule has 0 bridgehead atoms. The van der Waals surface area contributed by atoms with E-state index >= 15 is 0 Å². The van der Waals surface area contributed by atoms with Crippen molar-refractivity contribution < 1.29 is 9.94 Å². The second-order valence-corrected chi connectivity index (χ2v) is 4.85. The number of nitrogens with zero attached hydrogens (tertiary/aromatic N) is 3. The summed E-state index contributed by atoms with van der Waals surface area (Å²) in [6.07, 6.45) is 3.40. The molecule has 0 unspecified atom stereocenters. The van der Waals surface area contributed by atoms with E-state index in [2.05, 4.69) is 9.97 Å². The third-order valence-corrected chi connectivity index (χ3v) is 3.39. The molecule has 112 valence electrons. The summed E-state index contributed by atoms with van der Waals surface area (Å²) in [7, 11) is 0. The standard InChI is InChI=1S/C17H17N3O2/c1-3-22-15-9-5-4-8-14(15)17-19-12(2)16(20(17)21)13-7-6-10-18-11-13/h4-11,21H,3H2,1-2H3. The van der Waals surface area contributed by atoms with Crippen LogP contribution < -0.4 is 4.74 Å². The molecule has 0 fully saturated rings. The molecular weight excluding hydrogens is 278 g/mol. The normalized spacial score (nSPS) is 10.6. The van der Waals surface area contributed by atoms with Crippen LogP contribution in [0.3, 0.4) is 0 Å². The van der Waals surface area contributed by atoms with Gasteiger partial charge >= 0.3 is 0 Å². The van der Waals surface area contributed by atoms with Crippen LogP contribution in [0.15, 0.2) is 48.8 Å². The first-order valence-electron chi connectivity index (χ1n) is 7.13. The van der Waals surface area contributed by atoms with Crippen molar-refractivity contribution in [2.75, 3.05) is 6.61 Å². The Morgan fingerprint density at radius 2 is 2.00 bits per heavy atom. The second kappa shape index (κ2) is 5.89. The Kier molecular flexibility index (Phi) is 3.78. The molecule has 3 rings (SSSR count). The lowest BCUT2D eigenvalue weighted by molar-refractivity contribution is 0.195. The lowest BCUT2D eigenvalue weighted by atomic mass is 10.2. The van der Waals surface area contributed by atoms with Gasteiger partial charge in [0.25, 0.3) is 0 Å². The minimum absolute atomic E-state index is 0.459. The van der Waals surface area contributed by atoms with E-state index in [0.717, 1.165) is 21.6 Å². The molecule has 0 spiro atoms. The molecule has 5 nitrogen and oxygen atoms in total. The van der Waals surface area contributed by atoms with Crippen LogP contribution in [0.25, 0.3) is 22.6 Å². The van der Waals surface area contributed by atoms with Crippen LogP contribution in [0.5, 0.6) is 5.75 Å². The molecule has 3 aromatic rings. The highest BCUT2D eigenvalue weighted by atomic mass is 16.5. The Balaban J connectivity index is 2.15. The number of pyridine rings is 1. The summed E-state index contributed by atoms with van der Waals surface area (Å²) in [5.41, 5.74) is 2.94. The SMILES string of the molecule is CCOc1ccccc1-c1nc(C)c(-c2cccnc2)n1O. The van der Waals surface area contributed by atoms with Crippen molar-refractivity contribution in [1.29, 1.82) is 0 Å². The Hall–Kier alpha value is -2.82. The van der Waals surface area contributed by atoms with Gasteiger partial charge in [-0.2, -0.15) is 4.73 Å². The summed E-state index contributed by atoms with van der Waals surface area (Å²) in [5.74, 6) is 1.16. The molecule has 1 N–H and O–H groups in total. The Morgan fingerprint density at radius 1 is 1.18 bits per heavy atom. The largest absolute Gasteiger partial charge is 0.493 e. The van der Waals surface area contributed by atoms with Crippen molar-refractivity contribution in [3.8, 4) is 28.4 Å². The molecule has 0 saturated heterocycles. The average molecular weight is 295 g/mol. The highest BCUT2D eigenvalue weighted by molar-refractivity contribution is 5.70. The number of aryl methyl sites for hydroxylation is 1. The maximum Gasteiger partial charge on any atom is 0.180 e. The summed E-state index contributed by atoms with van der Waals surface area (Å²) >= 11 is 0. The molecule has 0 saturated carbocycles. The van der Waals surface area contributed by atoms with E-state index in [1.165, 1.54) is 0 Å². The first-order chi connectivity index (χ1) is 10.7. The summed E-state index contributed by atoms with van der Waals surface area (Å²) in [6, 6.07) is 11.3. The predicted molar refractivity (Wildman–Crippen MR) is 84.0 cm³/mol. The fourth-order valence-electron chi connectivity index (χ4n) is 2.46. The van der Waals surface area contributed by atoms with Crippen molar-refractivity contribution in [2.45, 2.75) is 13.8 Å². The van der Waals surface area contributed by atoms with Gasteiger partial charge in [-0.3, -0.25) is 4.98 Å². The molecule has 0 aliphatic rings. The molecule has 2 heterocycles. The zero-order valence-corrected chi connectivity index (χ0v) is 12.5. The van der Waals surface area contributed by atoms with Crippen molar-refractivity contribution in [1.82, 2.24) is 14.7 Å². The van der Waals surface area contributed by atoms with E-state index in [4.69, 9.17) is 4.74 Å². The van der Waals surface area contributed by atoms with Crippen LogP contribution in [-0.4, -0.2) is 26.5 Å². The first kappa shape index (κ1) is 14.1. The van der Waals surface area contributed by atoms with Crippen molar-refractivity contribution in [2.24, 2.45) is 0 Å². The smallest absolute Gasteiger partial charge is 0.180 e. The van der Waals surface area contributed by atoms with Gasteiger partial charge in [-0.25, -0.2) is 4.98 Å². The monoisotopic (exact) mass is 295 g/mol. The number of aromatic nitrogens is 3. The van der Waals surface area contributed by atoms with Gasteiger partial charge in [0.05, 0.1) is 17.9 Å². The van der Waals surface area contributed by atoms with Gasteiger partial charge in [-0.05, 0) is 38.1 Å². The van der Waals surface area contributed by atoms with Crippen LogP contribution >= 0.6 is 0 Å². The highest BCUT2D eigenvalue weighted by Gasteiger charge is 2.19. The lowest BCUT2D eigenvalue weighted by Gasteiger charge is -2.09. The van der Waals surface area contributed by atoms with E-state index in [9.17, 15) is 5.21 Å². The quantitative estimate of drug-likeness (QED) is 0.748. The first-order valence-corrected chi connectivity index (χ1v) is 7.13. The fourth-order valence-corrected chi connectivity index (χ4v) is 2.46. The number of imidazole rings is 1. The van der Waals surface area contributed by atoms with Gasteiger partial charge in [0.2, 0.25) is 0 Å². The minimum atomic E-state index is 0.459. The van der Waals surface area contributed by atoms with Crippen LogP contribution in [0.4, 0.5) is 0 Å². The summed E-state index contributed by atoms with van der Waals surface area (Å²) in [5, 5.41) is 10.6. The van der Waals surface area contributed by atoms with Crippen LogP contribution in [0, 0.1) is 6.92 Å². The Labute approximate surface area is 128 Å². The third kappa shape index (κ3) is 2.41. The van der Waals surface area contributed by atoms with Gasteiger partial charge in [-0.15, -0.1) is 0 Å². The molecule has 1 aromatic carbocycles. The predicted octanol–water partition coefficient (Wildman–Crippen LogP) is 3.56. The van der Waals surface area contributed by atoms with Crippen LogP contribution in [0.1, 0.15) is 12.6 Å². The van der Waals surface area contributed by atoms with E-state index in [-0.39, 0.29) is 0 Å². The van der Waals surface area contributed by atoms with E-state index < -0.39 is 0 Å². The van der Waals surface area contributed by atoms with Gasteiger partial charge in [0.1, 0.15) is 11.4 Å². The minimum Gasteiger partial charge on any atom is -0.493 e. The van der Waals surface area contributed by atoms with E-state index in [1.54, 1.807) is 12.4 Å². The number of benzene rings is 1. The van der Waals surface area contributed by atoms with Crippen LogP contribution in [-0.2, 0) is 0 Å². The van der Waals surface area contributed by atoms with Crippen molar-refractivity contribution in [3.05, 3.63) is 54.5 Å². The summed E-state index contributed by atoms with van der Waals surface area (Å²) in [6.45, 7) is 4.34. The van der Waals surface area contributed by atoms with Crippen molar-refractivity contribution in [3.63, 3.8) is 0 Å². The Morgan fingerprint density at radius 3 is 2.73 bits per heavy atom. The number of hydrogen-bond acceptors (Lipinski definition) is 4. The zero-order valence-electron chi connectivity index (χ0n) is 12.5. The number of ether oxygens (including phenoxy) is 1. The number of para-hydroxylation sites is 1. The van der Waals surface area contributed by atoms with Gasteiger partial charge < -0.3 is 9.94 Å². The molecular formula is C17H17N3O2. The molecule has 0 radical (unpaired) electrons. The Bertz CT molecular complexity index is 782. The van der Waals surface area contributed by atoms with Gasteiger partial charge in [-0.1, -0.05) is 12.1 Å². The third-order valence-electron chi connectivity index (χ3n) is 3.39. The van der Waals surface area contributed by atoms with Gasteiger partial charge in [0, 0.05) is 18.0 Å². The molecule has 0 amide bonds. The topological polar surface area (TPSA) is 60.2 Å². The van der Waals surface area contributed by atoms with Crippen molar-refractivity contribution >= 4 is 0 Å². The number of rotatable bonds is 4. The molecule has 22 heavy (non-hydrogen) atoms. The van der Waals surface area contributed by atoms with E-state index in [0.29, 0.717) is 23.9 Å². The summed E-state index contributed by atoms with van der Waals surface area (Å²) < 4.78 is 6.73. The maximum atomic E-state index is 10.6. The molecule has 0 atom stereocenters. The highest BCUT2D eigenvalue weighted by Crippen LogP contribution is 2.33. The maximum absolute atomic E-state index is 10.6. The summed E-state index contributed by atoms with van der Waals surface area (Å²) in [4.78, 5) is 8.60. The van der Waals surface area contributed by atoms with Gasteiger partial charge in [0.15, 0.2) is 5.82 Å². The second-order valence-electron chi connectivity index (χ2n) is 4.85. The molecule has 2 aromatic heterocycles. The van der Waals surface area contributed by atoms with E-state index in [1.807, 2.05) is 50.2 Å². The van der Waals surface area contributed by atoms with Crippen LogP contribution in [0.2, 0.25) is 0 Å². The lowest BCUT2D eigenvalue weighted by Crippen LogP contribution is -2.00. The zero-order chi connectivity index (χ0) is 15.5. The average Bonchev–Trinajstić information content (AvgIpc) is 2.84. The number of hydrogen-bond donors (Lipinski definition) is 1. The molecule has 5 heteroatoms.